The molecule has 1 aromatic heterocycles. The largest absolute Gasteiger partial charge is 0.352 e. The molecular weight excluding hydrogens is 493 g/mol. The average molecular weight is 520 g/mol. The minimum atomic E-state index is -0.241. The number of aromatic nitrogens is 3. The maximum atomic E-state index is 12.6. The average Bonchev–Trinajstić information content (AvgIpc) is 3.22. The number of amides is 2. The van der Waals surface area contributed by atoms with E-state index in [-0.39, 0.29) is 17.6 Å². The van der Waals surface area contributed by atoms with Gasteiger partial charge in [0.25, 0.3) is 5.91 Å². The lowest BCUT2D eigenvalue weighted by Crippen LogP contribution is -2.26. The maximum absolute atomic E-state index is 12.6. The number of nitrogens with zero attached hydrogens (tertiary/aromatic N) is 3. The molecule has 2 amide bonds. The molecule has 0 saturated carbocycles. The van der Waals surface area contributed by atoms with Crippen molar-refractivity contribution in [3.63, 3.8) is 0 Å². The van der Waals surface area contributed by atoms with E-state index in [2.05, 4.69) is 27.8 Å². The molecule has 1 heterocycles. The molecule has 34 heavy (non-hydrogen) atoms. The fourth-order valence-electron chi connectivity index (χ4n) is 3.46. The fraction of sp³-hybridized carbons (Fsp3) is 0.333. The lowest BCUT2D eigenvalue weighted by molar-refractivity contribution is -0.113. The monoisotopic (exact) mass is 519 g/mol. The van der Waals surface area contributed by atoms with Gasteiger partial charge in [-0.3, -0.25) is 9.59 Å². The van der Waals surface area contributed by atoms with Crippen LogP contribution in [-0.4, -0.2) is 38.9 Å². The zero-order valence-electron chi connectivity index (χ0n) is 19.3. The summed E-state index contributed by atoms with van der Waals surface area (Å²) in [5.74, 6) is 0.640. The lowest BCUT2D eigenvalue weighted by Gasteiger charge is -2.13. The smallest absolute Gasteiger partial charge is 0.251 e. The van der Waals surface area contributed by atoms with Crippen LogP contribution >= 0.6 is 35.0 Å². The number of hydrogen-bond donors (Lipinski definition) is 2. The van der Waals surface area contributed by atoms with Crippen molar-refractivity contribution in [2.45, 2.75) is 45.3 Å². The first-order chi connectivity index (χ1) is 16.3. The van der Waals surface area contributed by atoms with Crippen LogP contribution in [0.15, 0.2) is 41.6 Å². The van der Waals surface area contributed by atoms with Crippen LogP contribution in [0.2, 0.25) is 10.0 Å². The molecule has 0 atom stereocenters. The topological polar surface area (TPSA) is 88.9 Å². The normalized spacial score (nSPS) is 10.9. The molecule has 0 bridgehead atoms. The third-order valence-corrected chi connectivity index (χ3v) is 6.97. The summed E-state index contributed by atoms with van der Waals surface area (Å²) in [4.78, 5) is 24.9. The second kappa shape index (κ2) is 12.2. The van der Waals surface area contributed by atoms with E-state index in [4.69, 9.17) is 23.2 Å². The Bertz CT molecular complexity index is 1180. The summed E-state index contributed by atoms with van der Waals surface area (Å²) >= 11 is 13.2. The Hall–Kier alpha value is -2.55. The van der Waals surface area contributed by atoms with Gasteiger partial charge in [-0.2, -0.15) is 0 Å². The molecule has 10 heteroatoms. The van der Waals surface area contributed by atoms with Crippen molar-refractivity contribution in [2.75, 3.05) is 17.6 Å². The zero-order chi connectivity index (χ0) is 24.7. The van der Waals surface area contributed by atoms with Gasteiger partial charge in [-0.05, 0) is 49.6 Å². The molecule has 2 aromatic carbocycles. The van der Waals surface area contributed by atoms with E-state index >= 15 is 0 Å². The number of halogens is 2. The second-order valence-electron chi connectivity index (χ2n) is 7.58. The number of anilines is 1. The van der Waals surface area contributed by atoms with Gasteiger partial charge >= 0.3 is 0 Å². The Balaban J connectivity index is 1.55. The van der Waals surface area contributed by atoms with Gasteiger partial charge in [-0.25, -0.2) is 0 Å². The first-order valence-electron chi connectivity index (χ1n) is 11.0. The quantitative estimate of drug-likeness (QED) is 0.360. The number of aryl methyl sites for hydroxylation is 2. The third-order valence-electron chi connectivity index (χ3n) is 5.26. The molecule has 0 radical (unpaired) electrons. The molecule has 0 spiro atoms. The van der Waals surface area contributed by atoms with E-state index in [1.807, 2.05) is 36.6 Å². The van der Waals surface area contributed by atoms with Crippen LogP contribution in [0, 0.1) is 6.92 Å². The van der Waals surface area contributed by atoms with Gasteiger partial charge in [0.15, 0.2) is 5.16 Å². The molecule has 0 aliphatic heterocycles. The van der Waals surface area contributed by atoms with Gasteiger partial charge in [0.05, 0.1) is 15.8 Å². The number of rotatable bonds is 10. The number of benzene rings is 2. The van der Waals surface area contributed by atoms with Gasteiger partial charge in [0.2, 0.25) is 5.91 Å². The third kappa shape index (κ3) is 6.52. The number of carbonyl (C=O) groups is 2. The Morgan fingerprint density at radius 2 is 1.88 bits per heavy atom. The molecule has 3 rings (SSSR count). The lowest BCUT2D eigenvalue weighted by atomic mass is 10.1. The van der Waals surface area contributed by atoms with E-state index < -0.39 is 0 Å². The SMILES string of the molecule is CCc1cccc(C)c1NC(=O)CSc1nnc(CCNC(=O)c2ccc(Cl)c(Cl)c2)n1CC. The Morgan fingerprint density at radius 3 is 2.59 bits per heavy atom. The van der Waals surface area contributed by atoms with Gasteiger partial charge in [-0.15, -0.1) is 10.2 Å². The second-order valence-corrected chi connectivity index (χ2v) is 9.33. The van der Waals surface area contributed by atoms with Crippen molar-refractivity contribution in [3.05, 3.63) is 69.0 Å². The Labute approximate surface area is 213 Å². The maximum Gasteiger partial charge on any atom is 0.251 e. The van der Waals surface area contributed by atoms with Crippen molar-refractivity contribution in [3.8, 4) is 0 Å². The molecule has 0 aliphatic carbocycles. The Morgan fingerprint density at radius 1 is 1.09 bits per heavy atom. The number of para-hydroxylation sites is 1. The summed E-state index contributed by atoms with van der Waals surface area (Å²) in [5.41, 5.74) is 3.47. The van der Waals surface area contributed by atoms with Crippen LogP contribution < -0.4 is 10.6 Å². The van der Waals surface area contributed by atoms with Gasteiger partial charge in [0.1, 0.15) is 5.82 Å². The molecule has 0 fully saturated rings. The van der Waals surface area contributed by atoms with Gasteiger partial charge in [0, 0.05) is 30.8 Å². The Kier molecular flexibility index (Phi) is 9.38. The first kappa shape index (κ1) is 26.1. The van der Waals surface area contributed by atoms with Crippen LogP contribution in [-0.2, 0) is 24.2 Å². The predicted molar refractivity (Wildman–Crippen MR) is 138 cm³/mol. The highest BCUT2D eigenvalue weighted by Gasteiger charge is 2.15. The van der Waals surface area contributed by atoms with E-state index in [9.17, 15) is 9.59 Å². The summed E-state index contributed by atoms with van der Waals surface area (Å²) in [5, 5.41) is 15.8. The number of nitrogens with one attached hydrogen (secondary N) is 2. The van der Waals surface area contributed by atoms with Crippen molar-refractivity contribution < 1.29 is 9.59 Å². The molecule has 0 unspecified atom stereocenters. The van der Waals surface area contributed by atoms with Crippen LogP contribution in [0.4, 0.5) is 5.69 Å². The molecular formula is C24H27Cl2N5O2S. The van der Waals surface area contributed by atoms with Crippen molar-refractivity contribution in [1.82, 2.24) is 20.1 Å². The summed E-state index contributed by atoms with van der Waals surface area (Å²) in [6.07, 6.45) is 1.35. The van der Waals surface area contributed by atoms with Crippen LogP contribution in [0.5, 0.6) is 0 Å². The minimum absolute atomic E-state index is 0.0879. The molecule has 2 N–H and O–H groups in total. The summed E-state index contributed by atoms with van der Waals surface area (Å²) in [6.45, 7) is 7.09. The highest BCUT2D eigenvalue weighted by atomic mass is 35.5. The molecule has 3 aromatic rings. The molecule has 0 saturated heterocycles. The molecule has 180 valence electrons. The first-order valence-corrected chi connectivity index (χ1v) is 12.7. The van der Waals surface area contributed by atoms with Gasteiger partial charge < -0.3 is 15.2 Å². The highest BCUT2D eigenvalue weighted by molar-refractivity contribution is 7.99. The van der Waals surface area contributed by atoms with Gasteiger partial charge in [-0.1, -0.05) is 60.1 Å². The summed E-state index contributed by atoms with van der Waals surface area (Å²) in [6, 6.07) is 10.8. The fourth-order valence-corrected chi connectivity index (χ4v) is 4.58. The van der Waals surface area contributed by atoms with E-state index in [1.54, 1.807) is 12.1 Å². The van der Waals surface area contributed by atoms with E-state index in [0.717, 1.165) is 29.1 Å². The molecule has 7 nitrogen and oxygen atoms in total. The van der Waals surface area contributed by atoms with E-state index in [0.29, 0.717) is 40.3 Å². The highest BCUT2D eigenvalue weighted by Crippen LogP contribution is 2.24. The van der Waals surface area contributed by atoms with Crippen LogP contribution in [0.1, 0.15) is 41.2 Å². The number of carbonyl (C=O) groups excluding carboxylic acids is 2. The summed E-state index contributed by atoms with van der Waals surface area (Å²) in [7, 11) is 0. The van der Waals surface area contributed by atoms with Crippen LogP contribution in [0.3, 0.4) is 0 Å². The summed E-state index contributed by atoms with van der Waals surface area (Å²) < 4.78 is 1.95. The molecule has 0 aliphatic rings. The number of thioether (sulfide) groups is 1. The zero-order valence-corrected chi connectivity index (χ0v) is 21.7. The standard InChI is InChI=1S/C24H27Cl2N5O2S/c1-4-16-8-6-7-15(3)22(16)28-21(32)14-34-24-30-29-20(31(24)5-2)11-12-27-23(33)17-9-10-18(25)19(26)13-17/h6-10,13H,4-5,11-12,14H2,1-3H3,(H,27,33)(H,28,32). The van der Waals surface area contributed by atoms with Crippen molar-refractivity contribution in [1.29, 1.82) is 0 Å². The predicted octanol–water partition coefficient (Wildman–Crippen LogP) is 5.18. The minimum Gasteiger partial charge on any atom is -0.352 e. The van der Waals surface area contributed by atoms with Crippen LogP contribution in [0.25, 0.3) is 0 Å². The van der Waals surface area contributed by atoms with Crippen molar-refractivity contribution in [2.24, 2.45) is 0 Å². The number of hydrogen-bond acceptors (Lipinski definition) is 5. The van der Waals surface area contributed by atoms with Crippen molar-refractivity contribution >= 4 is 52.5 Å². The van der Waals surface area contributed by atoms with E-state index in [1.165, 1.54) is 17.8 Å².